The molecule has 0 aliphatic heterocycles. The van der Waals surface area contributed by atoms with E-state index in [-0.39, 0.29) is 0 Å². The number of aliphatic hydroxyl groups is 1. The van der Waals surface area contributed by atoms with Crippen molar-refractivity contribution >= 4 is 0 Å². The maximum atomic E-state index is 9.91. The first-order chi connectivity index (χ1) is 7.36. The molecule has 76 valence electrons. The van der Waals surface area contributed by atoms with Crippen LogP contribution in [0.1, 0.15) is 17.4 Å². The first-order valence-corrected chi connectivity index (χ1v) is 4.99. The van der Waals surface area contributed by atoms with Crippen molar-refractivity contribution < 1.29 is 5.11 Å². The lowest BCUT2D eigenvalue weighted by atomic mass is 10.1. The third kappa shape index (κ3) is 2.64. The Labute approximate surface area is 89.2 Å². The average molecular weight is 199 g/mol. The summed E-state index contributed by atoms with van der Waals surface area (Å²) in [5.74, 6) is 0. The number of rotatable bonds is 3. The second kappa shape index (κ2) is 4.71. The molecule has 0 aliphatic rings. The molecule has 0 aliphatic carbocycles. The lowest BCUT2D eigenvalue weighted by Gasteiger charge is -2.09. The van der Waals surface area contributed by atoms with Crippen LogP contribution in [0.3, 0.4) is 0 Å². The molecule has 0 fully saturated rings. The van der Waals surface area contributed by atoms with Gasteiger partial charge in [-0.15, -0.1) is 0 Å². The molecule has 15 heavy (non-hydrogen) atoms. The first kappa shape index (κ1) is 9.87. The Kier molecular flexibility index (Phi) is 3.10. The minimum atomic E-state index is -0.520. The number of pyridine rings is 1. The average Bonchev–Trinajstić information content (AvgIpc) is 2.31. The Morgan fingerprint density at radius 2 is 1.73 bits per heavy atom. The van der Waals surface area contributed by atoms with Crippen LogP contribution < -0.4 is 0 Å². The van der Waals surface area contributed by atoms with Gasteiger partial charge in [-0.25, -0.2) is 0 Å². The molecule has 0 amide bonds. The summed E-state index contributed by atoms with van der Waals surface area (Å²) in [6.45, 7) is 0. The summed E-state index contributed by atoms with van der Waals surface area (Å²) in [5.41, 5.74) is 1.84. The van der Waals surface area contributed by atoms with Crippen LogP contribution in [0.15, 0.2) is 54.7 Å². The molecule has 2 aromatic rings. The van der Waals surface area contributed by atoms with Gasteiger partial charge in [0.15, 0.2) is 0 Å². The topological polar surface area (TPSA) is 33.1 Å². The zero-order valence-electron chi connectivity index (χ0n) is 8.38. The van der Waals surface area contributed by atoms with E-state index in [0.29, 0.717) is 6.42 Å². The van der Waals surface area contributed by atoms with E-state index < -0.39 is 6.10 Å². The van der Waals surface area contributed by atoms with Gasteiger partial charge in [-0.2, -0.15) is 0 Å². The summed E-state index contributed by atoms with van der Waals surface area (Å²) >= 11 is 0. The van der Waals surface area contributed by atoms with Gasteiger partial charge in [0.2, 0.25) is 0 Å². The van der Waals surface area contributed by atoms with E-state index in [9.17, 15) is 5.11 Å². The largest absolute Gasteiger partial charge is 0.386 e. The number of aliphatic hydroxyl groups excluding tert-OH is 1. The molecule has 0 saturated carbocycles. The standard InChI is InChI=1S/C13H13NO/c15-13(12-8-4-5-9-14-12)10-11-6-2-1-3-7-11/h1-9,13,15H,10H2/t13-/m0/s1. The maximum Gasteiger partial charge on any atom is 0.0999 e. The van der Waals surface area contributed by atoms with Gasteiger partial charge < -0.3 is 5.11 Å². The number of benzene rings is 1. The fourth-order valence-corrected chi connectivity index (χ4v) is 1.52. The predicted molar refractivity (Wildman–Crippen MR) is 59.3 cm³/mol. The Morgan fingerprint density at radius 3 is 2.40 bits per heavy atom. The molecule has 0 bridgehead atoms. The molecule has 1 aromatic heterocycles. The highest BCUT2D eigenvalue weighted by Crippen LogP contribution is 2.15. The van der Waals surface area contributed by atoms with Gasteiger partial charge >= 0.3 is 0 Å². The minimum Gasteiger partial charge on any atom is -0.386 e. The molecule has 0 radical (unpaired) electrons. The second-order valence-electron chi connectivity index (χ2n) is 3.46. The van der Waals surface area contributed by atoms with Crippen LogP contribution in [-0.4, -0.2) is 10.1 Å². The van der Waals surface area contributed by atoms with Crippen molar-refractivity contribution in [2.24, 2.45) is 0 Å². The summed E-state index contributed by atoms with van der Waals surface area (Å²) in [6, 6.07) is 15.5. The highest BCUT2D eigenvalue weighted by Gasteiger charge is 2.08. The van der Waals surface area contributed by atoms with E-state index in [4.69, 9.17) is 0 Å². The van der Waals surface area contributed by atoms with Gasteiger partial charge in [0, 0.05) is 12.6 Å². The Bertz CT molecular complexity index is 399. The van der Waals surface area contributed by atoms with Gasteiger partial charge in [-0.3, -0.25) is 4.98 Å². The smallest absolute Gasteiger partial charge is 0.0999 e. The van der Waals surface area contributed by atoms with Crippen molar-refractivity contribution in [3.05, 3.63) is 66.0 Å². The molecule has 1 N–H and O–H groups in total. The first-order valence-electron chi connectivity index (χ1n) is 4.99. The third-order valence-electron chi connectivity index (χ3n) is 2.30. The van der Waals surface area contributed by atoms with Crippen LogP contribution >= 0.6 is 0 Å². The number of hydrogen-bond acceptors (Lipinski definition) is 2. The van der Waals surface area contributed by atoms with E-state index in [1.807, 2.05) is 48.5 Å². The molecule has 2 heteroatoms. The SMILES string of the molecule is O[C@@H](Cc1ccccc1)c1ccccn1. The molecular weight excluding hydrogens is 186 g/mol. The summed E-state index contributed by atoms with van der Waals surface area (Å²) in [6.07, 6.45) is 1.79. The van der Waals surface area contributed by atoms with Crippen molar-refractivity contribution in [3.63, 3.8) is 0 Å². The van der Waals surface area contributed by atoms with Crippen LogP contribution in [-0.2, 0) is 6.42 Å². The zero-order valence-corrected chi connectivity index (χ0v) is 8.38. The van der Waals surface area contributed by atoms with E-state index in [2.05, 4.69) is 4.98 Å². The minimum absolute atomic E-state index is 0.520. The second-order valence-corrected chi connectivity index (χ2v) is 3.46. The summed E-state index contributed by atoms with van der Waals surface area (Å²) < 4.78 is 0. The van der Waals surface area contributed by atoms with E-state index in [0.717, 1.165) is 11.3 Å². The van der Waals surface area contributed by atoms with Gasteiger partial charge in [0.25, 0.3) is 0 Å². The number of hydrogen-bond donors (Lipinski definition) is 1. The van der Waals surface area contributed by atoms with Gasteiger partial charge in [-0.1, -0.05) is 36.4 Å². The maximum absolute atomic E-state index is 9.91. The molecule has 1 heterocycles. The van der Waals surface area contributed by atoms with Crippen LogP contribution in [0.2, 0.25) is 0 Å². The van der Waals surface area contributed by atoms with Crippen molar-refractivity contribution in [2.75, 3.05) is 0 Å². The number of aromatic nitrogens is 1. The highest BCUT2D eigenvalue weighted by molar-refractivity contribution is 5.18. The normalized spacial score (nSPS) is 12.3. The molecule has 1 atom stereocenters. The molecule has 2 rings (SSSR count). The predicted octanol–water partition coefficient (Wildman–Crippen LogP) is 2.36. The van der Waals surface area contributed by atoms with Crippen LogP contribution in [0.4, 0.5) is 0 Å². The van der Waals surface area contributed by atoms with Crippen LogP contribution in [0.25, 0.3) is 0 Å². The van der Waals surface area contributed by atoms with Crippen molar-refractivity contribution in [1.29, 1.82) is 0 Å². The summed E-state index contributed by atoms with van der Waals surface area (Å²) in [4.78, 5) is 4.12. The zero-order chi connectivity index (χ0) is 10.5. The van der Waals surface area contributed by atoms with Gasteiger partial charge in [-0.05, 0) is 17.7 Å². The van der Waals surface area contributed by atoms with Crippen molar-refractivity contribution in [2.45, 2.75) is 12.5 Å². The Balaban J connectivity index is 2.08. The van der Waals surface area contributed by atoms with Gasteiger partial charge in [0.05, 0.1) is 11.8 Å². The van der Waals surface area contributed by atoms with Crippen LogP contribution in [0, 0.1) is 0 Å². The Morgan fingerprint density at radius 1 is 1.00 bits per heavy atom. The Hall–Kier alpha value is -1.67. The van der Waals surface area contributed by atoms with Gasteiger partial charge in [0.1, 0.15) is 0 Å². The lowest BCUT2D eigenvalue weighted by Crippen LogP contribution is -2.03. The molecule has 1 aromatic carbocycles. The fourth-order valence-electron chi connectivity index (χ4n) is 1.52. The quantitative estimate of drug-likeness (QED) is 0.823. The van der Waals surface area contributed by atoms with E-state index in [1.165, 1.54) is 0 Å². The highest BCUT2D eigenvalue weighted by atomic mass is 16.3. The van der Waals surface area contributed by atoms with Crippen molar-refractivity contribution in [3.8, 4) is 0 Å². The molecule has 0 saturated heterocycles. The summed E-state index contributed by atoms with van der Waals surface area (Å²) in [7, 11) is 0. The lowest BCUT2D eigenvalue weighted by molar-refractivity contribution is 0.173. The van der Waals surface area contributed by atoms with E-state index in [1.54, 1.807) is 6.20 Å². The molecule has 2 nitrogen and oxygen atoms in total. The van der Waals surface area contributed by atoms with Crippen LogP contribution in [0.5, 0.6) is 0 Å². The van der Waals surface area contributed by atoms with Crippen molar-refractivity contribution in [1.82, 2.24) is 4.98 Å². The third-order valence-corrected chi connectivity index (χ3v) is 2.30. The molecule has 0 spiro atoms. The monoisotopic (exact) mass is 199 g/mol. The number of nitrogens with zero attached hydrogens (tertiary/aromatic N) is 1. The van der Waals surface area contributed by atoms with E-state index >= 15 is 0 Å². The summed E-state index contributed by atoms with van der Waals surface area (Å²) in [5, 5.41) is 9.91. The molecular formula is C13H13NO. The molecule has 0 unspecified atom stereocenters. The fraction of sp³-hybridized carbons (Fsp3) is 0.154.